The quantitative estimate of drug-likeness (QED) is 0.901. The van der Waals surface area contributed by atoms with E-state index in [1.54, 1.807) is 12.1 Å². The Kier molecular flexibility index (Phi) is 4.98. The number of methoxy groups -OCH3 is 1. The van der Waals surface area contributed by atoms with Crippen LogP contribution in [-0.4, -0.2) is 18.8 Å². The summed E-state index contributed by atoms with van der Waals surface area (Å²) in [7, 11) is 1.44. The molecule has 0 saturated heterocycles. The van der Waals surface area contributed by atoms with Crippen molar-refractivity contribution in [1.29, 1.82) is 0 Å². The summed E-state index contributed by atoms with van der Waals surface area (Å²) in [6.45, 7) is -0.0695. The first-order valence-electron chi connectivity index (χ1n) is 6.01. The molecule has 3 nitrogen and oxygen atoms in total. The van der Waals surface area contributed by atoms with E-state index in [1.807, 2.05) is 18.2 Å². The van der Waals surface area contributed by atoms with Gasteiger partial charge >= 0.3 is 0 Å². The van der Waals surface area contributed by atoms with Crippen LogP contribution in [0.5, 0.6) is 11.5 Å². The molecule has 2 aromatic carbocycles. The van der Waals surface area contributed by atoms with Crippen molar-refractivity contribution >= 4 is 15.9 Å². The van der Waals surface area contributed by atoms with Crippen LogP contribution < -0.4 is 9.47 Å². The maximum atomic E-state index is 13.7. The highest BCUT2D eigenvalue weighted by Crippen LogP contribution is 2.31. The molecule has 0 aromatic heterocycles. The Morgan fingerprint density at radius 2 is 1.95 bits per heavy atom. The third-order valence-electron chi connectivity index (χ3n) is 2.80. The molecule has 0 spiro atoms. The van der Waals surface area contributed by atoms with Gasteiger partial charge in [0.1, 0.15) is 12.7 Å². The number of rotatable bonds is 5. The summed E-state index contributed by atoms with van der Waals surface area (Å²) >= 11 is 3.35. The van der Waals surface area contributed by atoms with Gasteiger partial charge in [0.2, 0.25) is 0 Å². The van der Waals surface area contributed by atoms with Gasteiger partial charge in [-0.3, -0.25) is 0 Å². The zero-order valence-electron chi connectivity index (χ0n) is 10.8. The highest BCUT2D eigenvalue weighted by Gasteiger charge is 2.15. The highest BCUT2D eigenvalue weighted by atomic mass is 79.9. The maximum Gasteiger partial charge on any atom is 0.197 e. The van der Waals surface area contributed by atoms with Crippen molar-refractivity contribution in [2.45, 2.75) is 6.10 Å². The van der Waals surface area contributed by atoms with Crippen LogP contribution in [0.15, 0.2) is 46.9 Å². The van der Waals surface area contributed by atoms with Crippen molar-refractivity contribution in [1.82, 2.24) is 0 Å². The van der Waals surface area contributed by atoms with Crippen LogP contribution in [0.25, 0.3) is 0 Å². The molecular weight excluding hydrogens is 327 g/mol. The van der Waals surface area contributed by atoms with E-state index >= 15 is 0 Å². The standard InChI is InChI=1S/C15H14BrFO3/c1-19-14-8-4-7-12(17)15(14)20-9-13(18)10-5-2-3-6-11(10)16/h2-8,13,18H,9H2,1H3. The molecule has 20 heavy (non-hydrogen) atoms. The Balaban J connectivity index is 2.11. The lowest BCUT2D eigenvalue weighted by Crippen LogP contribution is -2.11. The number of ether oxygens (including phenoxy) is 2. The molecule has 1 atom stereocenters. The lowest BCUT2D eigenvalue weighted by Gasteiger charge is -2.16. The Morgan fingerprint density at radius 1 is 1.20 bits per heavy atom. The van der Waals surface area contributed by atoms with Crippen LogP contribution in [0.2, 0.25) is 0 Å². The molecule has 5 heteroatoms. The fraction of sp³-hybridized carbons (Fsp3) is 0.200. The molecule has 0 aliphatic heterocycles. The van der Waals surface area contributed by atoms with Crippen LogP contribution in [0.4, 0.5) is 4.39 Å². The van der Waals surface area contributed by atoms with Gasteiger partial charge in [-0.05, 0) is 23.8 Å². The first kappa shape index (κ1) is 14.8. The Hall–Kier alpha value is -1.59. The molecule has 1 unspecified atom stereocenters. The number of aliphatic hydroxyl groups is 1. The first-order valence-corrected chi connectivity index (χ1v) is 6.80. The monoisotopic (exact) mass is 340 g/mol. The Labute approximate surface area is 125 Å². The second-order valence-corrected chi connectivity index (χ2v) is 4.97. The lowest BCUT2D eigenvalue weighted by atomic mass is 10.1. The van der Waals surface area contributed by atoms with Crippen molar-refractivity contribution in [2.24, 2.45) is 0 Å². The number of halogens is 2. The van der Waals surface area contributed by atoms with Crippen molar-refractivity contribution in [3.8, 4) is 11.5 Å². The average molecular weight is 341 g/mol. The number of para-hydroxylation sites is 1. The van der Waals surface area contributed by atoms with Gasteiger partial charge in [0.25, 0.3) is 0 Å². The molecule has 0 saturated carbocycles. The molecule has 0 fully saturated rings. The molecule has 0 aliphatic rings. The number of benzene rings is 2. The van der Waals surface area contributed by atoms with E-state index in [0.29, 0.717) is 11.3 Å². The molecule has 0 heterocycles. The predicted molar refractivity (Wildman–Crippen MR) is 77.5 cm³/mol. The van der Waals surface area contributed by atoms with E-state index < -0.39 is 11.9 Å². The maximum absolute atomic E-state index is 13.7. The molecule has 106 valence electrons. The van der Waals surface area contributed by atoms with Gasteiger partial charge in [-0.15, -0.1) is 0 Å². The van der Waals surface area contributed by atoms with Gasteiger partial charge in [-0.25, -0.2) is 4.39 Å². The number of hydrogen-bond acceptors (Lipinski definition) is 3. The van der Waals surface area contributed by atoms with Crippen LogP contribution in [-0.2, 0) is 0 Å². The summed E-state index contributed by atoms with van der Waals surface area (Å²) in [5, 5.41) is 10.1. The fourth-order valence-corrected chi connectivity index (χ4v) is 2.34. The third-order valence-corrected chi connectivity index (χ3v) is 3.52. The molecule has 1 N–H and O–H groups in total. The fourth-order valence-electron chi connectivity index (χ4n) is 1.79. The van der Waals surface area contributed by atoms with E-state index in [4.69, 9.17) is 9.47 Å². The van der Waals surface area contributed by atoms with Crippen LogP contribution in [0, 0.1) is 5.82 Å². The van der Waals surface area contributed by atoms with Crippen LogP contribution in [0.3, 0.4) is 0 Å². The zero-order chi connectivity index (χ0) is 14.5. The van der Waals surface area contributed by atoms with E-state index in [2.05, 4.69) is 15.9 Å². The summed E-state index contributed by atoms with van der Waals surface area (Å²) in [6, 6.07) is 11.7. The van der Waals surface area contributed by atoms with Gasteiger partial charge < -0.3 is 14.6 Å². The topological polar surface area (TPSA) is 38.7 Å². The van der Waals surface area contributed by atoms with Crippen LogP contribution in [0.1, 0.15) is 11.7 Å². The van der Waals surface area contributed by atoms with Gasteiger partial charge in [0.05, 0.1) is 7.11 Å². The average Bonchev–Trinajstić information content (AvgIpc) is 2.46. The second kappa shape index (κ2) is 6.72. The van der Waals surface area contributed by atoms with E-state index in [1.165, 1.54) is 19.2 Å². The lowest BCUT2D eigenvalue weighted by molar-refractivity contribution is 0.103. The third kappa shape index (κ3) is 3.29. The molecule has 0 amide bonds. The van der Waals surface area contributed by atoms with Gasteiger partial charge in [-0.2, -0.15) is 0 Å². The van der Waals surface area contributed by atoms with Crippen molar-refractivity contribution in [3.05, 3.63) is 58.3 Å². The van der Waals surface area contributed by atoms with Gasteiger partial charge in [0, 0.05) is 4.47 Å². The summed E-state index contributed by atoms with van der Waals surface area (Å²) < 4.78 is 24.8. The van der Waals surface area contributed by atoms with Crippen molar-refractivity contribution in [3.63, 3.8) is 0 Å². The van der Waals surface area contributed by atoms with Crippen LogP contribution >= 0.6 is 15.9 Å². The summed E-state index contributed by atoms with van der Waals surface area (Å²) in [4.78, 5) is 0. The van der Waals surface area contributed by atoms with Gasteiger partial charge in [0.15, 0.2) is 17.3 Å². The zero-order valence-corrected chi connectivity index (χ0v) is 12.4. The highest BCUT2D eigenvalue weighted by molar-refractivity contribution is 9.10. The summed E-state index contributed by atoms with van der Waals surface area (Å²) in [5.74, 6) is -0.228. The molecule has 2 aromatic rings. The van der Waals surface area contributed by atoms with E-state index in [0.717, 1.165) is 4.47 Å². The SMILES string of the molecule is COc1cccc(F)c1OCC(O)c1ccccc1Br. The largest absolute Gasteiger partial charge is 0.493 e. The molecule has 2 rings (SSSR count). The second-order valence-electron chi connectivity index (χ2n) is 4.12. The molecule has 0 aliphatic carbocycles. The van der Waals surface area contributed by atoms with E-state index in [9.17, 15) is 9.50 Å². The molecule has 0 radical (unpaired) electrons. The van der Waals surface area contributed by atoms with Gasteiger partial charge in [-0.1, -0.05) is 40.2 Å². The first-order chi connectivity index (χ1) is 9.63. The van der Waals surface area contributed by atoms with Crippen molar-refractivity contribution in [2.75, 3.05) is 13.7 Å². The Bertz CT molecular complexity index is 589. The summed E-state index contributed by atoms with van der Waals surface area (Å²) in [6.07, 6.45) is -0.866. The Morgan fingerprint density at radius 3 is 2.65 bits per heavy atom. The minimum atomic E-state index is -0.866. The number of hydrogen-bond donors (Lipinski definition) is 1. The van der Waals surface area contributed by atoms with E-state index in [-0.39, 0.29) is 12.4 Å². The summed E-state index contributed by atoms with van der Waals surface area (Å²) in [5.41, 5.74) is 0.683. The number of aliphatic hydroxyl groups excluding tert-OH is 1. The van der Waals surface area contributed by atoms with Crippen molar-refractivity contribution < 1.29 is 19.0 Å². The minimum Gasteiger partial charge on any atom is -0.493 e. The molecule has 0 bridgehead atoms. The minimum absolute atomic E-state index is 0.00102. The predicted octanol–water partition coefficient (Wildman–Crippen LogP) is 3.71. The smallest absolute Gasteiger partial charge is 0.197 e. The molecular formula is C15H14BrFO3. The normalized spacial score (nSPS) is 12.0.